The van der Waals surface area contributed by atoms with E-state index in [2.05, 4.69) is 9.73 Å². The maximum absolute atomic E-state index is 12.7. The molecule has 3 rings (SSSR count). The van der Waals surface area contributed by atoms with Crippen molar-refractivity contribution in [3.63, 3.8) is 0 Å². The Morgan fingerprint density at radius 3 is 2.59 bits per heavy atom. The minimum absolute atomic E-state index is 0.0180. The lowest BCUT2D eigenvalue weighted by Crippen LogP contribution is -2.06. The number of hydrogen-bond donors (Lipinski definition) is 0. The van der Waals surface area contributed by atoms with Crippen molar-refractivity contribution in [1.82, 2.24) is 0 Å². The van der Waals surface area contributed by atoms with E-state index in [0.29, 0.717) is 5.56 Å². The monoisotopic (exact) mass is 373 g/mol. The first-order valence-corrected chi connectivity index (χ1v) is 8.11. The maximum atomic E-state index is 12.7. The number of carbonyl (C=O) groups is 1. The molecular weight excluding hydrogens is 356 g/mol. The van der Waals surface area contributed by atoms with Crippen LogP contribution in [0.25, 0.3) is 6.08 Å². The van der Waals surface area contributed by atoms with Crippen molar-refractivity contribution >= 4 is 17.9 Å². The van der Waals surface area contributed by atoms with Gasteiger partial charge >= 0.3 is 12.6 Å². The van der Waals surface area contributed by atoms with Gasteiger partial charge in [-0.15, -0.1) is 0 Å². The highest BCUT2D eigenvalue weighted by Crippen LogP contribution is 2.34. The average molecular weight is 373 g/mol. The Balaban J connectivity index is 2.01. The third-order valence-electron chi connectivity index (χ3n) is 4.10. The summed E-state index contributed by atoms with van der Waals surface area (Å²) in [5.74, 6) is -0.567. The number of carbonyl (C=O) groups excluding carboxylic acids is 1. The van der Waals surface area contributed by atoms with Gasteiger partial charge in [-0.1, -0.05) is 18.2 Å². The number of esters is 1. The molecule has 1 heterocycles. The third kappa shape index (κ3) is 3.97. The molecule has 0 N–H and O–H groups in total. The summed E-state index contributed by atoms with van der Waals surface area (Å²) < 4.78 is 40.3. The van der Waals surface area contributed by atoms with E-state index in [0.717, 1.165) is 11.1 Å². The van der Waals surface area contributed by atoms with E-state index in [1.165, 1.54) is 25.3 Å². The summed E-state index contributed by atoms with van der Waals surface area (Å²) in [4.78, 5) is 16.4. The van der Waals surface area contributed by atoms with E-state index in [9.17, 15) is 13.6 Å². The number of halogens is 2. The Morgan fingerprint density at radius 2 is 1.93 bits per heavy atom. The van der Waals surface area contributed by atoms with Crippen LogP contribution in [-0.4, -0.2) is 25.6 Å². The number of methoxy groups -OCH3 is 1. The lowest BCUT2D eigenvalue weighted by atomic mass is 10.1. The van der Waals surface area contributed by atoms with Crippen molar-refractivity contribution in [1.29, 1.82) is 0 Å². The maximum Gasteiger partial charge on any atom is 0.387 e. The van der Waals surface area contributed by atoms with Gasteiger partial charge in [0.1, 0.15) is 0 Å². The van der Waals surface area contributed by atoms with Crippen LogP contribution in [0.15, 0.2) is 47.1 Å². The standard InChI is InChI=1S/C20H17F2NO4/c1-11-7-8-14(9-12(11)2)18-23-15(19(24)27-18)10-13-5-4-6-16(25-3)17(13)26-20(21)22/h4-10,20H,1-3H3/b15-10-. The molecule has 140 valence electrons. The highest BCUT2D eigenvalue weighted by Gasteiger charge is 2.25. The topological polar surface area (TPSA) is 57.1 Å². The zero-order valence-electron chi connectivity index (χ0n) is 15.0. The first-order valence-electron chi connectivity index (χ1n) is 8.11. The van der Waals surface area contributed by atoms with Crippen LogP contribution in [0.3, 0.4) is 0 Å². The van der Waals surface area contributed by atoms with Gasteiger partial charge in [-0.05, 0) is 49.2 Å². The van der Waals surface area contributed by atoms with Crippen LogP contribution in [0.1, 0.15) is 22.3 Å². The molecule has 2 aromatic rings. The van der Waals surface area contributed by atoms with Crippen molar-refractivity contribution in [2.24, 2.45) is 4.99 Å². The Morgan fingerprint density at radius 1 is 1.15 bits per heavy atom. The van der Waals surface area contributed by atoms with Gasteiger partial charge in [0.2, 0.25) is 5.90 Å². The fourth-order valence-electron chi connectivity index (χ4n) is 2.58. The number of para-hydroxylation sites is 1. The summed E-state index contributed by atoms with van der Waals surface area (Å²) in [5, 5.41) is 0. The van der Waals surface area contributed by atoms with Gasteiger partial charge in [0, 0.05) is 11.1 Å². The minimum atomic E-state index is -3.04. The third-order valence-corrected chi connectivity index (χ3v) is 4.10. The van der Waals surface area contributed by atoms with Crippen molar-refractivity contribution < 1.29 is 27.8 Å². The molecule has 7 heteroatoms. The summed E-state index contributed by atoms with van der Waals surface area (Å²) >= 11 is 0. The summed E-state index contributed by atoms with van der Waals surface area (Å²) in [6.07, 6.45) is 1.33. The molecule has 1 aliphatic heterocycles. The number of ether oxygens (including phenoxy) is 3. The van der Waals surface area contributed by atoms with E-state index in [1.807, 2.05) is 26.0 Å². The minimum Gasteiger partial charge on any atom is -0.493 e. The smallest absolute Gasteiger partial charge is 0.387 e. The molecule has 27 heavy (non-hydrogen) atoms. The Labute approximate surface area is 154 Å². The summed E-state index contributed by atoms with van der Waals surface area (Å²) in [6.45, 7) is 0.876. The number of rotatable bonds is 5. The highest BCUT2D eigenvalue weighted by molar-refractivity contribution is 6.13. The quantitative estimate of drug-likeness (QED) is 0.581. The number of alkyl halides is 2. The molecule has 0 aliphatic carbocycles. The van der Waals surface area contributed by atoms with Crippen LogP contribution in [0.4, 0.5) is 8.78 Å². The van der Waals surface area contributed by atoms with Crippen molar-refractivity contribution in [2.75, 3.05) is 7.11 Å². The molecule has 0 saturated heterocycles. The van der Waals surface area contributed by atoms with E-state index < -0.39 is 12.6 Å². The van der Waals surface area contributed by atoms with Crippen LogP contribution >= 0.6 is 0 Å². The van der Waals surface area contributed by atoms with Crippen molar-refractivity contribution in [3.8, 4) is 11.5 Å². The number of cyclic esters (lactones) is 1. The summed E-state index contributed by atoms with van der Waals surface area (Å²) in [7, 11) is 1.34. The predicted octanol–water partition coefficient (Wildman–Crippen LogP) is 4.26. The van der Waals surface area contributed by atoms with Gasteiger partial charge in [-0.25, -0.2) is 9.79 Å². The van der Waals surface area contributed by atoms with Gasteiger partial charge in [0.05, 0.1) is 7.11 Å². The van der Waals surface area contributed by atoms with Gasteiger partial charge in [0.25, 0.3) is 0 Å². The van der Waals surface area contributed by atoms with Gasteiger partial charge in [-0.3, -0.25) is 0 Å². The molecule has 0 unspecified atom stereocenters. The van der Waals surface area contributed by atoms with Crippen LogP contribution in [0.2, 0.25) is 0 Å². The summed E-state index contributed by atoms with van der Waals surface area (Å²) in [6, 6.07) is 10.2. The first-order chi connectivity index (χ1) is 12.9. The molecule has 0 radical (unpaired) electrons. The Hall–Kier alpha value is -3.22. The highest BCUT2D eigenvalue weighted by atomic mass is 19.3. The zero-order chi connectivity index (χ0) is 19.6. The van der Waals surface area contributed by atoms with Crippen molar-refractivity contribution in [2.45, 2.75) is 20.5 Å². The number of aryl methyl sites for hydroxylation is 2. The fraction of sp³-hybridized carbons (Fsp3) is 0.200. The number of benzene rings is 2. The molecule has 2 aromatic carbocycles. The molecule has 0 amide bonds. The number of hydrogen-bond acceptors (Lipinski definition) is 5. The van der Waals surface area contributed by atoms with Gasteiger partial charge in [-0.2, -0.15) is 8.78 Å². The van der Waals surface area contributed by atoms with Crippen molar-refractivity contribution in [3.05, 3.63) is 64.3 Å². The van der Waals surface area contributed by atoms with E-state index in [4.69, 9.17) is 9.47 Å². The molecule has 0 aromatic heterocycles. The molecule has 5 nitrogen and oxygen atoms in total. The largest absolute Gasteiger partial charge is 0.493 e. The van der Waals surface area contributed by atoms with Crippen LogP contribution < -0.4 is 9.47 Å². The van der Waals surface area contributed by atoms with E-state index >= 15 is 0 Å². The van der Waals surface area contributed by atoms with Gasteiger partial charge < -0.3 is 14.2 Å². The molecule has 0 fully saturated rings. The van der Waals surface area contributed by atoms with Crippen LogP contribution in [0.5, 0.6) is 11.5 Å². The fourth-order valence-corrected chi connectivity index (χ4v) is 2.58. The molecule has 1 aliphatic rings. The average Bonchev–Trinajstić information content (AvgIpc) is 2.99. The lowest BCUT2D eigenvalue weighted by Gasteiger charge is -2.12. The zero-order valence-corrected chi connectivity index (χ0v) is 15.0. The normalized spacial score (nSPS) is 15.1. The lowest BCUT2D eigenvalue weighted by molar-refractivity contribution is -0.129. The van der Waals surface area contributed by atoms with E-state index in [-0.39, 0.29) is 28.7 Å². The SMILES string of the molecule is COc1cccc(/C=C2\N=C(c3ccc(C)c(C)c3)OC2=O)c1OC(F)F. The second kappa shape index (κ2) is 7.57. The molecule has 0 atom stereocenters. The molecule has 0 saturated carbocycles. The number of nitrogens with zero attached hydrogens (tertiary/aromatic N) is 1. The second-order valence-electron chi connectivity index (χ2n) is 5.89. The molecule has 0 bridgehead atoms. The van der Waals surface area contributed by atoms with Crippen LogP contribution in [0, 0.1) is 13.8 Å². The number of aliphatic imine (C=N–C) groups is 1. The van der Waals surface area contributed by atoms with Crippen LogP contribution in [-0.2, 0) is 9.53 Å². The predicted molar refractivity (Wildman–Crippen MR) is 96.1 cm³/mol. The Bertz CT molecular complexity index is 951. The van der Waals surface area contributed by atoms with Gasteiger partial charge in [0.15, 0.2) is 17.2 Å². The molecular formula is C20H17F2NO4. The first kappa shape index (κ1) is 18.6. The Kier molecular flexibility index (Phi) is 5.21. The molecule has 0 spiro atoms. The van der Waals surface area contributed by atoms with E-state index in [1.54, 1.807) is 12.1 Å². The summed E-state index contributed by atoms with van der Waals surface area (Å²) in [5.41, 5.74) is 3.00. The second-order valence-corrected chi connectivity index (χ2v) is 5.89.